The Morgan fingerprint density at radius 1 is 1.67 bits per heavy atom. The molecule has 54 valence electrons. The molecule has 2 heteroatoms. The second-order valence-corrected chi connectivity index (χ2v) is 2.07. The number of likely N-dealkylation sites (N-methyl/N-ethyl adjacent to an activating group) is 1. The van der Waals surface area contributed by atoms with Crippen molar-refractivity contribution < 1.29 is 0 Å². The van der Waals surface area contributed by atoms with Crippen LogP contribution in [0.25, 0.3) is 0 Å². The van der Waals surface area contributed by atoms with Gasteiger partial charge in [0.25, 0.3) is 0 Å². The van der Waals surface area contributed by atoms with Crippen LogP contribution in [-0.2, 0) is 0 Å². The fourth-order valence-corrected chi connectivity index (χ4v) is 0.605. The third-order valence-corrected chi connectivity index (χ3v) is 1.29. The highest BCUT2D eigenvalue weighted by molar-refractivity contribution is 5.00. The summed E-state index contributed by atoms with van der Waals surface area (Å²) >= 11 is 0. The van der Waals surface area contributed by atoms with Crippen LogP contribution in [0.4, 0.5) is 0 Å². The molecule has 0 unspecified atom stereocenters. The topological polar surface area (TPSA) is 38.0 Å². The summed E-state index contributed by atoms with van der Waals surface area (Å²) in [7, 11) is 0. The summed E-state index contributed by atoms with van der Waals surface area (Å²) in [5, 5.41) is 3.08. The average molecular weight is 128 g/mol. The number of hydrogen-bond acceptors (Lipinski definition) is 2. The molecule has 0 bridgehead atoms. The highest BCUT2D eigenvalue weighted by atomic mass is 14.9. The minimum absolute atomic E-state index is 0.116. The summed E-state index contributed by atoms with van der Waals surface area (Å²) in [6, 6.07) is 0.116. The van der Waals surface area contributed by atoms with Crippen molar-refractivity contribution in [2.75, 3.05) is 6.54 Å². The first kappa shape index (κ1) is 8.50. The van der Waals surface area contributed by atoms with Crippen LogP contribution in [0.15, 0.2) is 12.3 Å². The lowest BCUT2D eigenvalue weighted by Gasteiger charge is -2.12. The average Bonchev–Trinajstić information content (AvgIpc) is 1.87. The number of nitrogens with one attached hydrogen (secondary N) is 1. The zero-order valence-corrected chi connectivity index (χ0v) is 6.28. The van der Waals surface area contributed by atoms with Gasteiger partial charge in [-0.2, -0.15) is 0 Å². The van der Waals surface area contributed by atoms with Crippen LogP contribution >= 0.6 is 0 Å². The molecule has 0 aliphatic rings. The summed E-state index contributed by atoms with van der Waals surface area (Å²) in [5.41, 5.74) is 6.58. The Labute approximate surface area is 57.1 Å². The Balaban J connectivity index is 3.46. The standard InChI is InChI=1S/C7H16N2/c1-4-7(8)6(3)9-5-2/h7,9H,3-5,8H2,1-2H3/t7-/m0/s1. The SMILES string of the molecule is C=C(NCC)[C@@H](N)CC. The van der Waals surface area contributed by atoms with Crippen molar-refractivity contribution in [1.29, 1.82) is 0 Å². The Kier molecular flexibility index (Phi) is 4.14. The maximum atomic E-state index is 5.64. The van der Waals surface area contributed by atoms with Crippen molar-refractivity contribution in [2.24, 2.45) is 5.73 Å². The quantitative estimate of drug-likeness (QED) is 0.589. The van der Waals surface area contributed by atoms with E-state index in [9.17, 15) is 0 Å². The molecule has 0 radical (unpaired) electrons. The van der Waals surface area contributed by atoms with E-state index >= 15 is 0 Å². The van der Waals surface area contributed by atoms with Gasteiger partial charge in [-0.3, -0.25) is 0 Å². The third-order valence-electron chi connectivity index (χ3n) is 1.29. The van der Waals surface area contributed by atoms with Gasteiger partial charge in [-0.05, 0) is 13.3 Å². The summed E-state index contributed by atoms with van der Waals surface area (Å²) in [4.78, 5) is 0. The third kappa shape index (κ3) is 3.14. The first-order valence-electron chi connectivity index (χ1n) is 3.40. The molecule has 9 heavy (non-hydrogen) atoms. The molecule has 0 aromatic carbocycles. The number of rotatable bonds is 4. The largest absolute Gasteiger partial charge is 0.388 e. The van der Waals surface area contributed by atoms with Gasteiger partial charge in [0, 0.05) is 18.3 Å². The van der Waals surface area contributed by atoms with E-state index in [2.05, 4.69) is 11.9 Å². The summed E-state index contributed by atoms with van der Waals surface area (Å²) in [6.07, 6.45) is 0.950. The molecule has 0 aromatic heterocycles. The Hall–Kier alpha value is -0.500. The van der Waals surface area contributed by atoms with Crippen molar-refractivity contribution in [3.63, 3.8) is 0 Å². The van der Waals surface area contributed by atoms with E-state index in [1.165, 1.54) is 0 Å². The van der Waals surface area contributed by atoms with Gasteiger partial charge in [-0.15, -0.1) is 0 Å². The summed E-state index contributed by atoms with van der Waals surface area (Å²) < 4.78 is 0. The molecule has 0 aliphatic heterocycles. The molecule has 0 amide bonds. The molecule has 0 aromatic rings. The Bertz CT molecular complexity index is 88.9. The van der Waals surface area contributed by atoms with Crippen molar-refractivity contribution >= 4 is 0 Å². The predicted octanol–water partition coefficient (Wildman–Crippen LogP) is 0.847. The lowest BCUT2D eigenvalue weighted by Crippen LogP contribution is -2.29. The van der Waals surface area contributed by atoms with Gasteiger partial charge in [-0.25, -0.2) is 0 Å². The molecule has 0 fully saturated rings. The Morgan fingerprint density at radius 2 is 2.22 bits per heavy atom. The second-order valence-electron chi connectivity index (χ2n) is 2.07. The highest BCUT2D eigenvalue weighted by Crippen LogP contribution is 1.94. The van der Waals surface area contributed by atoms with Crippen molar-refractivity contribution in [3.05, 3.63) is 12.3 Å². The van der Waals surface area contributed by atoms with Crippen LogP contribution in [0.3, 0.4) is 0 Å². The van der Waals surface area contributed by atoms with Gasteiger partial charge in [0.05, 0.1) is 0 Å². The van der Waals surface area contributed by atoms with Crippen molar-refractivity contribution in [1.82, 2.24) is 5.32 Å². The van der Waals surface area contributed by atoms with Gasteiger partial charge < -0.3 is 11.1 Å². The molecule has 0 rings (SSSR count). The second kappa shape index (κ2) is 4.39. The molecule has 0 spiro atoms. The minimum Gasteiger partial charge on any atom is -0.388 e. The molecule has 0 saturated heterocycles. The first-order chi connectivity index (χ1) is 4.22. The predicted molar refractivity (Wildman–Crippen MR) is 41.1 cm³/mol. The molecule has 1 atom stereocenters. The first-order valence-corrected chi connectivity index (χ1v) is 3.40. The molecule has 3 N–H and O–H groups in total. The van der Waals surface area contributed by atoms with Crippen LogP contribution < -0.4 is 11.1 Å². The van der Waals surface area contributed by atoms with Gasteiger partial charge in [0.15, 0.2) is 0 Å². The fourth-order valence-electron chi connectivity index (χ4n) is 0.605. The minimum atomic E-state index is 0.116. The van der Waals surface area contributed by atoms with E-state index in [1.807, 2.05) is 13.8 Å². The van der Waals surface area contributed by atoms with Gasteiger partial charge in [-0.1, -0.05) is 13.5 Å². The smallest absolute Gasteiger partial charge is 0.0435 e. The lowest BCUT2D eigenvalue weighted by molar-refractivity contribution is 0.667. The van der Waals surface area contributed by atoms with E-state index < -0.39 is 0 Å². The number of nitrogens with two attached hydrogens (primary N) is 1. The van der Waals surface area contributed by atoms with Gasteiger partial charge in [0.2, 0.25) is 0 Å². The molecular weight excluding hydrogens is 112 g/mol. The van der Waals surface area contributed by atoms with Gasteiger partial charge >= 0.3 is 0 Å². The van der Waals surface area contributed by atoms with Crippen LogP contribution in [0, 0.1) is 0 Å². The van der Waals surface area contributed by atoms with Crippen LogP contribution in [0.2, 0.25) is 0 Å². The molecule has 0 saturated carbocycles. The normalized spacial score (nSPS) is 12.8. The maximum Gasteiger partial charge on any atom is 0.0435 e. The van der Waals surface area contributed by atoms with E-state index in [0.29, 0.717) is 0 Å². The van der Waals surface area contributed by atoms with E-state index in [-0.39, 0.29) is 6.04 Å². The van der Waals surface area contributed by atoms with E-state index in [1.54, 1.807) is 0 Å². The van der Waals surface area contributed by atoms with Gasteiger partial charge in [0.1, 0.15) is 0 Å². The molecule has 2 nitrogen and oxygen atoms in total. The van der Waals surface area contributed by atoms with Crippen LogP contribution in [0.1, 0.15) is 20.3 Å². The van der Waals surface area contributed by atoms with E-state index in [0.717, 1.165) is 18.7 Å². The van der Waals surface area contributed by atoms with Crippen LogP contribution in [-0.4, -0.2) is 12.6 Å². The van der Waals surface area contributed by atoms with Crippen LogP contribution in [0.5, 0.6) is 0 Å². The van der Waals surface area contributed by atoms with Crippen molar-refractivity contribution in [3.8, 4) is 0 Å². The number of hydrogen-bond donors (Lipinski definition) is 2. The molecular formula is C7H16N2. The zero-order valence-electron chi connectivity index (χ0n) is 6.28. The maximum absolute atomic E-state index is 5.64. The molecule has 0 heterocycles. The zero-order chi connectivity index (χ0) is 7.28. The van der Waals surface area contributed by atoms with Crippen molar-refractivity contribution in [2.45, 2.75) is 26.3 Å². The monoisotopic (exact) mass is 128 g/mol. The fraction of sp³-hybridized carbons (Fsp3) is 0.714. The summed E-state index contributed by atoms with van der Waals surface area (Å²) in [6.45, 7) is 8.77. The molecule has 0 aliphatic carbocycles. The Morgan fingerprint density at radius 3 is 2.56 bits per heavy atom. The lowest BCUT2D eigenvalue weighted by atomic mass is 10.2. The summed E-state index contributed by atoms with van der Waals surface area (Å²) in [5.74, 6) is 0. The van der Waals surface area contributed by atoms with E-state index in [4.69, 9.17) is 5.73 Å². The highest BCUT2D eigenvalue weighted by Gasteiger charge is 2.00.